The van der Waals surface area contributed by atoms with Gasteiger partial charge in [0.1, 0.15) is 0 Å². The number of carbonyl (C=O) groups excluding carboxylic acids is 1. The van der Waals surface area contributed by atoms with E-state index in [0.29, 0.717) is 5.92 Å². The van der Waals surface area contributed by atoms with E-state index in [9.17, 15) is 4.79 Å². The molecule has 0 aromatic rings. The first-order valence-corrected chi connectivity index (χ1v) is 8.72. The van der Waals surface area contributed by atoms with Crippen molar-refractivity contribution >= 4 is 14.3 Å². The number of hydrogen-bond acceptors (Lipinski definition) is 2. The summed E-state index contributed by atoms with van der Waals surface area (Å²) in [7, 11) is -1.63. The van der Waals surface area contributed by atoms with Gasteiger partial charge in [0.05, 0.1) is 0 Å². The predicted octanol–water partition coefficient (Wildman–Crippen LogP) is 2.02. The summed E-state index contributed by atoms with van der Waals surface area (Å²) < 4.78 is 6.09. The van der Waals surface area contributed by atoms with Crippen LogP contribution in [0.1, 0.15) is 20.8 Å². The zero-order valence-corrected chi connectivity index (χ0v) is 12.0. The highest BCUT2D eigenvalue weighted by Crippen LogP contribution is 2.37. The number of carbonyl (C=O) groups is 1. The Morgan fingerprint density at radius 3 is 2.31 bits per heavy atom. The summed E-state index contributed by atoms with van der Waals surface area (Å²) in [6.45, 7) is 13.5. The van der Waals surface area contributed by atoms with Crippen molar-refractivity contribution in [3.8, 4) is 0 Å². The number of primary amides is 1. The van der Waals surface area contributed by atoms with E-state index in [1.165, 1.54) is 0 Å². The summed E-state index contributed by atoms with van der Waals surface area (Å²) >= 11 is 0. The summed E-state index contributed by atoms with van der Waals surface area (Å²) in [6, 6.07) is -0.316. The van der Waals surface area contributed by atoms with Gasteiger partial charge in [-0.05, 0) is 18.1 Å². The molecule has 1 aliphatic heterocycles. The fourth-order valence-electron chi connectivity index (χ4n) is 1.40. The van der Waals surface area contributed by atoms with E-state index >= 15 is 0 Å². The van der Waals surface area contributed by atoms with Crippen LogP contribution in [0.3, 0.4) is 0 Å². The Morgan fingerprint density at radius 2 is 1.94 bits per heavy atom. The fraction of sp³-hybridized carbons (Fsp3) is 0.909. The van der Waals surface area contributed by atoms with Crippen molar-refractivity contribution in [3.63, 3.8) is 0 Å². The van der Waals surface area contributed by atoms with E-state index in [1.54, 1.807) is 4.90 Å². The first-order chi connectivity index (χ1) is 7.13. The van der Waals surface area contributed by atoms with Gasteiger partial charge in [-0.2, -0.15) is 0 Å². The molecule has 2 N–H and O–H groups in total. The second-order valence-electron chi connectivity index (χ2n) is 6.18. The highest BCUT2D eigenvalue weighted by atomic mass is 28.4. The predicted molar refractivity (Wildman–Crippen MR) is 67.8 cm³/mol. The third-order valence-corrected chi connectivity index (χ3v) is 8.26. The number of amides is 2. The van der Waals surface area contributed by atoms with Crippen molar-refractivity contribution in [1.82, 2.24) is 4.90 Å². The monoisotopic (exact) mass is 244 g/mol. The minimum Gasteiger partial charge on any atom is -0.416 e. The van der Waals surface area contributed by atoms with Crippen LogP contribution in [0.2, 0.25) is 18.1 Å². The van der Waals surface area contributed by atoms with Crippen LogP contribution in [0.15, 0.2) is 0 Å². The van der Waals surface area contributed by atoms with E-state index in [1.807, 2.05) is 0 Å². The van der Waals surface area contributed by atoms with Gasteiger partial charge in [-0.3, -0.25) is 0 Å². The molecule has 0 bridgehead atoms. The summed E-state index contributed by atoms with van der Waals surface area (Å²) in [4.78, 5) is 12.5. The van der Waals surface area contributed by atoms with Crippen LogP contribution in [0.4, 0.5) is 4.79 Å². The van der Waals surface area contributed by atoms with Gasteiger partial charge in [0, 0.05) is 25.6 Å². The van der Waals surface area contributed by atoms with Crippen LogP contribution in [0.25, 0.3) is 0 Å². The van der Waals surface area contributed by atoms with Crippen molar-refractivity contribution in [1.29, 1.82) is 0 Å². The van der Waals surface area contributed by atoms with Gasteiger partial charge in [-0.25, -0.2) is 4.79 Å². The van der Waals surface area contributed by atoms with Gasteiger partial charge >= 0.3 is 6.03 Å². The molecule has 1 aliphatic rings. The first-order valence-electron chi connectivity index (χ1n) is 5.82. The van der Waals surface area contributed by atoms with Gasteiger partial charge < -0.3 is 15.1 Å². The molecular weight excluding hydrogens is 220 g/mol. The third kappa shape index (κ3) is 2.98. The molecule has 1 heterocycles. The Morgan fingerprint density at radius 1 is 1.44 bits per heavy atom. The second-order valence-corrected chi connectivity index (χ2v) is 11.0. The average Bonchev–Trinajstić information content (AvgIpc) is 1.97. The number of nitrogens with zero attached hydrogens (tertiary/aromatic N) is 1. The summed E-state index contributed by atoms with van der Waals surface area (Å²) in [5.41, 5.74) is 5.17. The molecular formula is C11H24N2O2Si. The number of likely N-dealkylation sites (tertiary alicyclic amines) is 1. The van der Waals surface area contributed by atoms with Crippen molar-refractivity contribution in [2.75, 3.05) is 19.7 Å². The van der Waals surface area contributed by atoms with Crippen molar-refractivity contribution in [2.45, 2.75) is 38.9 Å². The number of hydrogen-bond donors (Lipinski definition) is 1. The zero-order chi connectivity index (χ0) is 12.6. The molecule has 1 fully saturated rings. The lowest BCUT2D eigenvalue weighted by Crippen LogP contribution is -2.55. The molecule has 0 aliphatic carbocycles. The Bertz CT molecular complexity index is 268. The van der Waals surface area contributed by atoms with Crippen LogP contribution in [0, 0.1) is 5.92 Å². The minimum atomic E-state index is -1.63. The van der Waals surface area contributed by atoms with E-state index in [4.69, 9.17) is 10.2 Å². The molecule has 0 aromatic carbocycles. The number of urea groups is 1. The SMILES string of the molecule is CC(C)(C)[Si](C)(C)OCC1CN(C(N)=O)C1. The molecule has 0 atom stereocenters. The molecule has 0 spiro atoms. The van der Waals surface area contributed by atoms with Gasteiger partial charge in [-0.15, -0.1) is 0 Å². The molecule has 0 aromatic heterocycles. The summed E-state index contributed by atoms with van der Waals surface area (Å²) in [5, 5.41) is 0.250. The Kier molecular flexibility index (Phi) is 3.69. The molecule has 16 heavy (non-hydrogen) atoms. The van der Waals surface area contributed by atoms with Crippen LogP contribution in [-0.2, 0) is 4.43 Å². The molecule has 5 heteroatoms. The molecule has 1 rings (SSSR count). The summed E-state index contributed by atoms with van der Waals surface area (Å²) in [5.74, 6) is 0.474. The lowest BCUT2D eigenvalue weighted by atomic mass is 10.0. The van der Waals surface area contributed by atoms with Crippen molar-refractivity contribution < 1.29 is 9.22 Å². The fourth-order valence-corrected chi connectivity index (χ4v) is 2.48. The highest BCUT2D eigenvalue weighted by molar-refractivity contribution is 6.74. The van der Waals surface area contributed by atoms with Gasteiger partial charge in [0.15, 0.2) is 8.32 Å². The quantitative estimate of drug-likeness (QED) is 0.772. The zero-order valence-electron chi connectivity index (χ0n) is 11.0. The van der Waals surface area contributed by atoms with Gasteiger partial charge in [0.25, 0.3) is 0 Å². The van der Waals surface area contributed by atoms with E-state index in [0.717, 1.165) is 19.7 Å². The van der Waals surface area contributed by atoms with Crippen molar-refractivity contribution in [2.24, 2.45) is 11.7 Å². The Hall–Kier alpha value is -0.553. The normalized spacial score (nSPS) is 18.4. The maximum absolute atomic E-state index is 10.8. The Balaban J connectivity index is 2.30. The topological polar surface area (TPSA) is 55.6 Å². The molecule has 0 unspecified atom stereocenters. The van der Waals surface area contributed by atoms with Crippen LogP contribution in [0.5, 0.6) is 0 Å². The molecule has 4 nitrogen and oxygen atoms in total. The smallest absolute Gasteiger partial charge is 0.314 e. The molecule has 94 valence electrons. The highest BCUT2D eigenvalue weighted by Gasteiger charge is 2.39. The Labute approximate surface area is 99.3 Å². The molecule has 0 saturated carbocycles. The first kappa shape index (κ1) is 13.5. The van der Waals surface area contributed by atoms with Gasteiger partial charge in [0.2, 0.25) is 0 Å². The lowest BCUT2D eigenvalue weighted by molar-refractivity contribution is 0.0853. The summed E-state index contributed by atoms with van der Waals surface area (Å²) in [6.07, 6.45) is 0. The standard InChI is InChI=1S/C11H24N2O2Si/c1-11(2,3)16(4,5)15-8-9-6-13(7-9)10(12)14/h9H,6-8H2,1-5H3,(H2,12,14). The van der Waals surface area contributed by atoms with Crippen LogP contribution < -0.4 is 5.73 Å². The molecule has 2 amide bonds. The van der Waals surface area contributed by atoms with Crippen LogP contribution >= 0.6 is 0 Å². The molecule has 1 saturated heterocycles. The van der Waals surface area contributed by atoms with E-state index in [2.05, 4.69) is 33.9 Å². The maximum atomic E-state index is 10.8. The van der Waals surface area contributed by atoms with E-state index < -0.39 is 8.32 Å². The average molecular weight is 244 g/mol. The lowest BCUT2D eigenvalue weighted by Gasteiger charge is -2.42. The number of rotatable bonds is 3. The van der Waals surface area contributed by atoms with Gasteiger partial charge in [-0.1, -0.05) is 20.8 Å². The minimum absolute atomic E-state index is 0.250. The maximum Gasteiger partial charge on any atom is 0.314 e. The second kappa shape index (κ2) is 4.37. The van der Waals surface area contributed by atoms with Crippen LogP contribution in [-0.4, -0.2) is 38.9 Å². The third-order valence-electron chi connectivity index (χ3n) is 3.75. The van der Waals surface area contributed by atoms with Crippen molar-refractivity contribution in [3.05, 3.63) is 0 Å². The number of nitrogens with two attached hydrogens (primary N) is 1. The molecule has 0 radical (unpaired) electrons. The van der Waals surface area contributed by atoms with E-state index in [-0.39, 0.29) is 11.1 Å². The largest absolute Gasteiger partial charge is 0.416 e.